The maximum atomic E-state index is 13.4. The zero-order valence-electron chi connectivity index (χ0n) is 19.4. The summed E-state index contributed by atoms with van der Waals surface area (Å²) < 4.78 is 38.7. The number of halogens is 1. The minimum absolute atomic E-state index is 0.0378. The summed E-state index contributed by atoms with van der Waals surface area (Å²) in [6.45, 7) is -0.0378. The van der Waals surface area contributed by atoms with Gasteiger partial charge in [-0.2, -0.15) is 0 Å². The summed E-state index contributed by atoms with van der Waals surface area (Å²) in [6, 6.07) is 18.4. The molecule has 0 unspecified atom stereocenters. The monoisotopic (exact) mass is 526 g/mol. The van der Waals surface area contributed by atoms with E-state index < -0.39 is 27.9 Å². The summed E-state index contributed by atoms with van der Waals surface area (Å²) in [5.41, 5.74) is 2.31. The number of esters is 2. The molecular formula is C26H23ClN2O6S. The fourth-order valence-corrected chi connectivity index (χ4v) is 5.41. The maximum absolute atomic E-state index is 13.4. The Bertz CT molecular complexity index is 1510. The average molecular weight is 527 g/mol. The Morgan fingerprint density at radius 3 is 2.17 bits per heavy atom. The molecule has 0 radical (unpaired) electrons. The Morgan fingerprint density at radius 2 is 1.53 bits per heavy atom. The van der Waals surface area contributed by atoms with E-state index in [9.17, 15) is 18.0 Å². The second-order valence-corrected chi connectivity index (χ2v) is 10.1. The number of nitrogens with one attached hydrogen (secondary N) is 2. The molecule has 0 saturated carbocycles. The van der Waals surface area contributed by atoms with E-state index in [0.29, 0.717) is 5.02 Å². The number of hydrogen-bond donors (Lipinski definition) is 2. The number of H-pyrrole nitrogens is 1. The molecule has 10 heteroatoms. The highest BCUT2D eigenvalue weighted by atomic mass is 35.5. The van der Waals surface area contributed by atoms with Gasteiger partial charge in [0.25, 0.3) is 0 Å². The summed E-state index contributed by atoms with van der Waals surface area (Å²) >= 11 is 6.51. The number of rotatable bonds is 8. The molecule has 1 atom stereocenters. The average Bonchev–Trinajstić information content (AvgIpc) is 3.32. The first-order valence-electron chi connectivity index (χ1n) is 10.9. The number of para-hydroxylation sites is 1. The van der Waals surface area contributed by atoms with Gasteiger partial charge in [0.05, 0.1) is 30.2 Å². The van der Waals surface area contributed by atoms with Crippen molar-refractivity contribution in [3.05, 3.63) is 100 Å². The highest BCUT2D eigenvalue weighted by Gasteiger charge is 2.25. The van der Waals surface area contributed by atoms with E-state index in [1.165, 1.54) is 6.07 Å². The number of sulfonamides is 1. The van der Waals surface area contributed by atoms with Gasteiger partial charge in [0.2, 0.25) is 10.0 Å². The molecule has 1 aromatic heterocycles. The lowest BCUT2D eigenvalue weighted by Gasteiger charge is -2.20. The molecule has 0 amide bonds. The molecule has 0 saturated heterocycles. The fraction of sp³-hybridized carbons (Fsp3) is 0.154. The first kappa shape index (κ1) is 25.4. The molecule has 186 valence electrons. The number of benzene rings is 3. The van der Waals surface area contributed by atoms with Gasteiger partial charge in [0.1, 0.15) is 0 Å². The van der Waals surface area contributed by atoms with Crippen LogP contribution in [0.4, 0.5) is 0 Å². The van der Waals surface area contributed by atoms with Gasteiger partial charge in [-0.25, -0.2) is 22.7 Å². The van der Waals surface area contributed by atoms with E-state index in [0.717, 1.165) is 48.4 Å². The van der Waals surface area contributed by atoms with Gasteiger partial charge in [-0.3, -0.25) is 0 Å². The van der Waals surface area contributed by atoms with Crippen LogP contribution in [0.3, 0.4) is 0 Å². The van der Waals surface area contributed by atoms with Gasteiger partial charge in [-0.05, 0) is 41.5 Å². The van der Waals surface area contributed by atoms with Crippen LogP contribution in [0.2, 0.25) is 5.02 Å². The Morgan fingerprint density at radius 1 is 0.917 bits per heavy atom. The molecule has 0 spiro atoms. The summed E-state index contributed by atoms with van der Waals surface area (Å²) in [6.07, 6.45) is 1.83. The van der Waals surface area contributed by atoms with Crippen LogP contribution < -0.4 is 4.72 Å². The summed E-state index contributed by atoms with van der Waals surface area (Å²) in [5.74, 6) is -2.01. The zero-order chi connectivity index (χ0) is 25.9. The molecule has 4 rings (SSSR count). The molecule has 0 bridgehead atoms. The molecule has 8 nitrogen and oxygen atoms in total. The zero-order valence-corrected chi connectivity index (χ0v) is 21.0. The molecule has 0 aliphatic heterocycles. The van der Waals surface area contributed by atoms with Crippen molar-refractivity contribution in [3.8, 4) is 0 Å². The normalized spacial score (nSPS) is 12.3. The first-order valence-corrected chi connectivity index (χ1v) is 12.7. The standard InChI is InChI=1S/C26H23ClN2O6S/c1-34-25(30)16-11-17(26(31)35-2)13-18(12-16)36(32,33)29-15-22(19-7-3-5-9-23(19)27)21-14-28-24-10-6-4-8-20(21)24/h3-14,22,28-29H,15H2,1-2H3/t22-/m1/s1. The van der Waals surface area contributed by atoms with E-state index in [4.69, 9.17) is 21.1 Å². The SMILES string of the molecule is COC(=O)c1cc(C(=O)OC)cc(S(=O)(=O)NC[C@H](c2ccccc2Cl)c2c[nH]c3ccccc23)c1. The second kappa shape index (κ2) is 10.5. The minimum atomic E-state index is -4.17. The van der Waals surface area contributed by atoms with Crippen molar-refractivity contribution in [2.45, 2.75) is 10.8 Å². The van der Waals surface area contributed by atoms with Crippen LogP contribution in [-0.2, 0) is 19.5 Å². The molecule has 3 aromatic carbocycles. The van der Waals surface area contributed by atoms with Crippen molar-refractivity contribution >= 4 is 44.5 Å². The van der Waals surface area contributed by atoms with Crippen molar-refractivity contribution < 1.29 is 27.5 Å². The van der Waals surface area contributed by atoms with Crippen LogP contribution in [0, 0.1) is 0 Å². The third-order valence-corrected chi connectivity index (χ3v) is 7.56. The van der Waals surface area contributed by atoms with E-state index in [1.54, 1.807) is 12.1 Å². The molecule has 2 N–H and O–H groups in total. The van der Waals surface area contributed by atoms with Crippen molar-refractivity contribution in [2.75, 3.05) is 20.8 Å². The van der Waals surface area contributed by atoms with E-state index in [1.807, 2.05) is 42.6 Å². The van der Waals surface area contributed by atoms with Gasteiger partial charge in [-0.15, -0.1) is 0 Å². The molecule has 1 heterocycles. The number of fused-ring (bicyclic) bond motifs is 1. The van der Waals surface area contributed by atoms with Gasteiger partial charge < -0.3 is 14.5 Å². The lowest BCUT2D eigenvalue weighted by molar-refractivity contribution is 0.0598. The highest BCUT2D eigenvalue weighted by Crippen LogP contribution is 2.34. The number of aromatic amines is 1. The van der Waals surface area contributed by atoms with Crippen molar-refractivity contribution in [3.63, 3.8) is 0 Å². The minimum Gasteiger partial charge on any atom is -0.465 e. The quantitative estimate of drug-likeness (QED) is 0.327. The van der Waals surface area contributed by atoms with Crippen LogP contribution in [0.1, 0.15) is 37.8 Å². The lowest BCUT2D eigenvalue weighted by Crippen LogP contribution is -2.29. The first-order chi connectivity index (χ1) is 17.2. The van der Waals surface area contributed by atoms with Gasteiger partial charge in [-0.1, -0.05) is 48.0 Å². The molecule has 0 fully saturated rings. The van der Waals surface area contributed by atoms with Gasteiger partial charge in [0.15, 0.2) is 0 Å². The predicted molar refractivity (Wildman–Crippen MR) is 136 cm³/mol. The van der Waals surface area contributed by atoms with E-state index >= 15 is 0 Å². The van der Waals surface area contributed by atoms with E-state index in [-0.39, 0.29) is 22.6 Å². The van der Waals surface area contributed by atoms with Gasteiger partial charge >= 0.3 is 11.9 Å². The van der Waals surface area contributed by atoms with Crippen LogP contribution >= 0.6 is 11.6 Å². The summed E-state index contributed by atoms with van der Waals surface area (Å²) in [7, 11) is -1.84. The number of aromatic nitrogens is 1. The Labute approximate surface area is 213 Å². The molecule has 0 aliphatic rings. The fourth-order valence-electron chi connectivity index (χ4n) is 4.03. The highest BCUT2D eigenvalue weighted by molar-refractivity contribution is 7.89. The third-order valence-electron chi connectivity index (χ3n) is 5.81. The maximum Gasteiger partial charge on any atom is 0.337 e. The van der Waals surface area contributed by atoms with Crippen LogP contribution in [0.15, 0.2) is 77.8 Å². The number of carbonyl (C=O) groups is 2. The Balaban J connectivity index is 1.74. The van der Waals surface area contributed by atoms with Gasteiger partial charge in [0, 0.05) is 34.6 Å². The summed E-state index contributed by atoms with van der Waals surface area (Å²) in [5, 5.41) is 1.43. The smallest absolute Gasteiger partial charge is 0.337 e. The second-order valence-electron chi connectivity index (χ2n) is 7.94. The Hall–Kier alpha value is -3.66. The van der Waals surface area contributed by atoms with Crippen molar-refractivity contribution in [2.24, 2.45) is 0 Å². The van der Waals surface area contributed by atoms with Crippen molar-refractivity contribution in [1.29, 1.82) is 0 Å². The topological polar surface area (TPSA) is 115 Å². The van der Waals surface area contributed by atoms with Crippen LogP contribution in [0.25, 0.3) is 10.9 Å². The number of hydrogen-bond acceptors (Lipinski definition) is 6. The molecule has 0 aliphatic carbocycles. The van der Waals surface area contributed by atoms with Crippen LogP contribution in [-0.4, -0.2) is 46.1 Å². The number of carbonyl (C=O) groups excluding carboxylic acids is 2. The van der Waals surface area contributed by atoms with Crippen molar-refractivity contribution in [1.82, 2.24) is 9.71 Å². The van der Waals surface area contributed by atoms with Crippen LogP contribution in [0.5, 0.6) is 0 Å². The third kappa shape index (κ3) is 5.13. The Kier molecular flexibility index (Phi) is 7.44. The van der Waals surface area contributed by atoms with E-state index in [2.05, 4.69) is 9.71 Å². The predicted octanol–water partition coefficient (Wildman–Crippen LogP) is 4.50. The molecule has 36 heavy (non-hydrogen) atoms. The number of ether oxygens (including phenoxy) is 2. The molecule has 4 aromatic rings. The largest absolute Gasteiger partial charge is 0.465 e. The summed E-state index contributed by atoms with van der Waals surface area (Å²) in [4.78, 5) is 27.2. The number of methoxy groups -OCH3 is 2. The lowest BCUT2D eigenvalue weighted by atomic mass is 9.91. The molecular weight excluding hydrogens is 504 g/mol.